The van der Waals surface area contributed by atoms with E-state index in [9.17, 15) is 4.79 Å². The molecule has 0 aliphatic rings. The summed E-state index contributed by atoms with van der Waals surface area (Å²) < 4.78 is 1.84. The van der Waals surface area contributed by atoms with Crippen LogP contribution in [-0.4, -0.2) is 21.1 Å². The fourth-order valence-electron chi connectivity index (χ4n) is 2.08. The smallest absolute Gasteiger partial charge is 0.153 e. The number of carbonyl (C=O) groups excluding carboxylic acids is 1. The highest BCUT2D eigenvalue weighted by atomic mass is 16.1. The van der Waals surface area contributed by atoms with Gasteiger partial charge in [0.2, 0.25) is 0 Å². The predicted octanol–water partition coefficient (Wildman–Crippen LogP) is 3.12. The lowest BCUT2D eigenvalue weighted by molar-refractivity contribution is 0.112. The zero-order chi connectivity index (χ0) is 13.7. The van der Waals surface area contributed by atoms with Gasteiger partial charge in [-0.25, -0.2) is 0 Å². The van der Waals surface area contributed by atoms with Gasteiger partial charge in [0.05, 0.1) is 11.3 Å². The maximum absolute atomic E-state index is 11.2. The SMILES string of the molecule is CCCCn1cc(C=O)c(-c2ncccc2CC)n1. The van der Waals surface area contributed by atoms with E-state index in [1.165, 1.54) is 0 Å². The highest BCUT2D eigenvalue weighted by molar-refractivity contribution is 5.85. The van der Waals surface area contributed by atoms with Crippen molar-refractivity contribution in [2.75, 3.05) is 0 Å². The average Bonchev–Trinajstić information content (AvgIpc) is 2.88. The molecule has 0 aliphatic carbocycles. The van der Waals surface area contributed by atoms with Crippen molar-refractivity contribution in [3.8, 4) is 11.4 Å². The molecule has 2 aromatic heterocycles. The van der Waals surface area contributed by atoms with Crippen LogP contribution in [0.15, 0.2) is 24.5 Å². The summed E-state index contributed by atoms with van der Waals surface area (Å²) >= 11 is 0. The molecule has 0 radical (unpaired) electrons. The molecule has 0 N–H and O–H groups in total. The summed E-state index contributed by atoms with van der Waals surface area (Å²) in [6.07, 6.45) is 7.46. The number of aryl methyl sites for hydroxylation is 2. The van der Waals surface area contributed by atoms with E-state index in [0.29, 0.717) is 11.3 Å². The Hall–Kier alpha value is -1.97. The lowest BCUT2D eigenvalue weighted by Crippen LogP contribution is -1.99. The van der Waals surface area contributed by atoms with Gasteiger partial charge in [0, 0.05) is 18.9 Å². The third-order valence-electron chi connectivity index (χ3n) is 3.15. The van der Waals surface area contributed by atoms with Crippen LogP contribution in [0.4, 0.5) is 0 Å². The molecular formula is C15H19N3O. The number of unbranched alkanes of at least 4 members (excludes halogenated alkanes) is 1. The third kappa shape index (κ3) is 2.89. The minimum Gasteiger partial charge on any atom is -0.298 e. The molecular weight excluding hydrogens is 238 g/mol. The van der Waals surface area contributed by atoms with Gasteiger partial charge < -0.3 is 0 Å². The number of hydrogen-bond acceptors (Lipinski definition) is 3. The fourth-order valence-corrected chi connectivity index (χ4v) is 2.08. The second kappa shape index (κ2) is 6.27. The first-order chi connectivity index (χ1) is 9.30. The van der Waals surface area contributed by atoms with Gasteiger partial charge in [-0.3, -0.25) is 14.5 Å². The van der Waals surface area contributed by atoms with E-state index in [1.807, 2.05) is 23.0 Å². The zero-order valence-electron chi connectivity index (χ0n) is 11.5. The molecule has 0 atom stereocenters. The Bertz CT molecular complexity index is 560. The van der Waals surface area contributed by atoms with Crippen molar-refractivity contribution in [2.45, 2.75) is 39.7 Å². The molecule has 19 heavy (non-hydrogen) atoms. The molecule has 4 nitrogen and oxygen atoms in total. The standard InChI is InChI=1S/C15H19N3O/c1-3-5-9-18-10-13(11-19)15(17-18)14-12(4-2)7-6-8-16-14/h6-8,10-11H,3-5,9H2,1-2H3. The van der Waals surface area contributed by atoms with Crippen LogP contribution in [0.2, 0.25) is 0 Å². The van der Waals surface area contributed by atoms with E-state index in [0.717, 1.165) is 43.4 Å². The number of pyridine rings is 1. The Morgan fingerprint density at radius 1 is 1.32 bits per heavy atom. The van der Waals surface area contributed by atoms with Crippen LogP contribution in [0.5, 0.6) is 0 Å². The van der Waals surface area contributed by atoms with E-state index in [4.69, 9.17) is 0 Å². The van der Waals surface area contributed by atoms with Gasteiger partial charge in [0.1, 0.15) is 5.69 Å². The van der Waals surface area contributed by atoms with Crippen molar-refractivity contribution in [1.82, 2.24) is 14.8 Å². The summed E-state index contributed by atoms with van der Waals surface area (Å²) in [6.45, 7) is 5.06. The molecule has 0 bridgehead atoms. The lowest BCUT2D eigenvalue weighted by Gasteiger charge is -2.04. The molecule has 0 aromatic carbocycles. The van der Waals surface area contributed by atoms with Gasteiger partial charge in [-0.1, -0.05) is 26.3 Å². The van der Waals surface area contributed by atoms with Crippen molar-refractivity contribution >= 4 is 6.29 Å². The minimum atomic E-state index is 0.615. The summed E-state index contributed by atoms with van der Waals surface area (Å²) in [5.74, 6) is 0. The van der Waals surface area contributed by atoms with Crippen molar-refractivity contribution in [1.29, 1.82) is 0 Å². The molecule has 0 amide bonds. The summed E-state index contributed by atoms with van der Waals surface area (Å²) in [7, 11) is 0. The monoisotopic (exact) mass is 257 g/mol. The van der Waals surface area contributed by atoms with Crippen molar-refractivity contribution in [3.05, 3.63) is 35.7 Å². The number of nitrogens with zero attached hydrogens (tertiary/aromatic N) is 3. The van der Waals surface area contributed by atoms with Crippen LogP contribution < -0.4 is 0 Å². The molecule has 100 valence electrons. The Labute approximate surface area is 113 Å². The van der Waals surface area contributed by atoms with Crippen molar-refractivity contribution < 1.29 is 4.79 Å². The van der Waals surface area contributed by atoms with E-state index in [-0.39, 0.29) is 0 Å². The van der Waals surface area contributed by atoms with Crippen LogP contribution >= 0.6 is 0 Å². The van der Waals surface area contributed by atoms with Crippen LogP contribution in [0.3, 0.4) is 0 Å². The number of rotatable bonds is 6. The average molecular weight is 257 g/mol. The quantitative estimate of drug-likeness (QED) is 0.747. The van der Waals surface area contributed by atoms with Crippen molar-refractivity contribution in [3.63, 3.8) is 0 Å². The molecule has 4 heteroatoms. The van der Waals surface area contributed by atoms with Gasteiger partial charge in [-0.2, -0.15) is 5.10 Å². The van der Waals surface area contributed by atoms with Crippen LogP contribution in [0, 0.1) is 0 Å². The van der Waals surface area contributed by atoms with Crippen LogP contribution in [0.25, 0.3) is 11.4 Å². The zero-order valence-corrected chi connectivity index (χ0v) is 11.5. The maximum atomic E-state index is 11.2. The number of aromatic nitrogens is 3. The highest BCUT2D eigenvalue weighted by Gasteiger charge is 2.14. The highest BCUT2D eigenvalue weighted by Crippen LogP contribution is 2.23. The molecule has 0 unspecified atom stereocenters. The molecule has 0 saturated carbocycles. The summed E-state index contributed by atoms with van der Waals surface area (Å²) in [6, 6.07) is 3.94. The van der Waals surface area contributed by atoms with Gasteiger partial charge in [-0.15, -0.1) is 0 Å². The van der Waals surface area contributed by atoms with E-state index in [1.54, 1.807) is 6.20 Å². The summed E-state index contributed by atoms with van der Waals surface area (Å²) in [5, 5.41) is 4.52. The molecule has 2 rings (SSSR count). The third-order valence-corrected chi connectivity index (χ3v) is 3.15. The Morgan fingerprint density at radius 2 is 2.16 bits per heavy atom. The molecule has 2 aromatic rings. The Balaban J connectivity index is 2.42. The largest absolute Gasteiger partial charge is 0.298 e. The summed E-state index contributed by atoms with van der Waals surface area (Å²) in [4.78, 5) is 15.6. The minimum absolute atomic E-state index is 0.615. The molecule has 0 fully saturated rings. The number of carbonyl (C=O) groups is 1. The molecule has 0 saturated heterocycles. The molecule has 0 aliphatic heterocycles. The van der Waals surface area contributed by atoms with E-state index >= 15 is 0 Å². The Morgan fingerprint density at radius 3 is 2.84 bits per heavy atom. The molecule has 2 heterocycles. The van der Waals surface area contributed by atoms with E-state index in [2.05, 4.69) is 23.9 Å². The Kier molecular flexibility index (Phi) is 4.44. The fraction of sp³-hybridized carbons (Fsp3) is 0.400. The predicted molar refractivity (Wildman–Crippen MR) is 75.1 cm³/mol. The number of aldehydes is 1. The second-order valence-corrected chi connectivity index (χ2v) is 4.53. The van der Waals surface area contributed by atoms with Gasteiger partial charge >= 0.3 is 0 Å². The van der Waals surface area contributed by atoms with Crippen molar-refractivity contribution in [2.24, 2.45) is 0 Å². The van der Waals surface area contributed by atoms with Crippen LogP contribution in [-0.2, 0) is 13.0 Å². The first-order valence-corrected chi connectivity index (χ1v) is 6.77. The molecule has 0 spiro atoms. The van der Waals surface area contributed by atoms with E-state index < -0.39 is 0 Å². The first-order valence-electron chi connectivity index (χ1n) is 6.77. The normalized spacial score (nSPS) is 10.6. The van der Waals surface area contributed by atoms with Gasteiger partial charge in [-0.05, 0) is 24.5 Å². The summed E-state index contributed by atoms with van der Waals surface area (Å²) in [5.41, 5.74) is 3.25. The first kappa shape index (κ1) is 13.5. The maximum Gasteiger partial charge on any atom is 0.153 e. The number of hydrogen-bond donors (Lipinski definition) is 0. The topological polar surface area (TPSA) is 47.8 Å². The second-order valence-electron chi connectivity index (χ2n) is 4.53. The van der Waals surface area contributed by atoms with Gasteiger partial charge in [0.25, 0.3) is 0 Å². The van der Waals surface area contributed by atoms with Gasteiger partial charge in [0.15, 0.2) is 6.29 Å². The van der Waals surface area contributed by atoms with Crippen LogP contribution in [0.1, 0.15) is 42.6 Å². The lowest BCUT2D eigenvalue weighted by atomic mass is 10.1.